The summed E-state index contributed by atoms with van der Waals surface area (Å²) in [6.45, 7) is -1.21. The Hall–Kier alpha value is -2.14. The molecule has 0 aromatic rings. The van der Waals surface area contributed by atoms with Gasteiger partial charge in [0.1, 0.15) is 134 Å². The molecule has 6 aliphatic heterocycles. The van der Waals surface area contributed by atoms with Gasteiger partial charge in [0.15, 0.2) is 37.7 Å². The fourth-order valence-corrected chi connectivity index (χ4v) is 8.95. The average Bonchev–Trinajstić information content (AvgIpc) is 3.32. The first-order valence-corrected chi connectivity index (χ1v) is 22.4. The zero-order valence-electron chi connectivity index (χ0n) is 37.7. The summed E-state index contributed by atoms with van der Waals surface area (Å²) in [6.07, 6.45) is -50.0. The maximum Gasteiger partial charge on any atom is 0.217 e. The van der Waals surface area contributed by atoms with E-state index in [2.05, 4.69) is 10.6 Å². The molecule has 0 saturated carbocycles. The molecule has 0 spiro atoms. The van der Waals surface area contributed by atoms with Crippen LogP contribution in [0.25, 0.3) is 0 Å². The van der Waals surface area contributed by atoms with Crippen LogP contribution in [0, 0.1) is 0 Å². The second-order valence-corrected chi connectivity index (χ2v) is 17.8. The van der Waals surface area contributed by atoms with Gasteiger partial charge in [-0.15, -0.1) is 0 Å². The Kier molecular flexibility index (Phi) is 20.0. The minimum atomic E-state index is -2.10. The Labute approximate surface area is 397 Å². The van der Waals surface area contributed by atoms with Crippen molar-refractivity contribution in [3.8, 4) is 0 Å². The first-order valence-electron chi connectivity index (χ1n) is 22.4. The van der Waals surface area contributed by atoms with E-state index in [-0.39, 0.29) is 0 Å². The number of nitrogens with one attached hydrogen (secondary N) is 2. The minimum Gasteiger partial charge on any atom is -0.394 e. The van der Waals surface area contributed by atoms with Gasteiger partial charge in [0.25, 0.3) is 0 Å². The van der Waals surface area contributed by atoms with Crippen LogP contribution in [0.15, 0.2) is 0 Å². The van der Waals surface area contributed by atoms with Gasteiger partial charge in [0.2, 0.25) is 11.8 Å². The highest BCUT2D eigenvalue weighted by molar-refractivity contribution is 5.73. The lowest BCUT2D eigenvalue weighted by atomic mass is 9.93. The van der Waals surface area contributed by atoms with Crippen LogP contribution < -0.4 is 10.6 Å². The highest BCUT2D eigenvalue weighted by atomic mass is 16.8. The second kappa shape index (κ2) is 24.5. The second-order valence-electron chi connectivity index (χ2n) is 17.8. The van der Waals surface area contributed by atoms with Gasteiger partial charge in [0, 0.05) is 13.8 Å². The summed E-state index contributed by atoms with van der Waals surface area (Å²) in [7, 11) is 0. The van der Waals surface area contributed by atoms with Gasteiger partial charge in [-0.25, -0.2) is 0 Å². The Bertz CT molecular complexity index is 1680. The summed E-state index contributed by atoms with van der Waals surface area (Å²) < 4.78 is 64.3. The lowest BCUT2D eigenvalue weighted by Crippen LogP contribution is -2.71. The number of carbonyl (C=O) groups is 2. The number of amides is 2. The molecule has 0 aliphatic carbocycles. The fraction of sp³-hybridized carbons (Fsp3) is 0.949. The molecule has 6 aliphatic rings. The smallest absolute Gasteiger partial charge is 0.217 e. The Morgan fingerprint density at radius 1 is 0.429 bits per heavy atom. The predicted octanol–water partition coefficient (Wildman–Crippen LogP) is -12.1. The number of ether oxygens (including phenoxy) is 11. The van der Waals surface area contributed by atoms with Gasteiger partial charge in [-0.1, -0.05) is 0 Å². The van der Waals surface area contributed by atoms with E-state index in [0.717, 1.165) is 13.8 Å². The maximum atomic E-state index is 12.8. The van der Waals surface area contributed by atoms with Gasteiger partial charge in [0.05, 0.1) is 39.1 Å². The van der Waals surface area contributed by atoms with Crippen molar-refractivity contribution in [2.24, 2.45) is 0 Å². The van der Waals surface area contributed by atoms with Gasteiger partial charge in [-0.3, -0.25) is 9.59 Å². The van der Waals surface area contributed by atoms with Crippen LogP contribution in [-0.4, -0.2) is 305 Å². The van der Waals surface area contributed by atoms with E-state index in [1.807, 2.05) is 0 Å². The largest absolute Gasteiger partial charge is 0.394 e. The van der Waals surface area contributed by atoms with Crippen molar-refractivity contribution >= 4 is 11.8 Å². The molecule has 0 bridgehead atoms. The summed E-state index contributed by atoms with van der Waals surface area (Å²) in [5, 5.41) is 176. The molecule has 31 nitrogen and oxygen atoms in total. The third-order valence-corrected chi connectivity index (χ3v) is 12.8. The molecule has 31 heteroatoms. The van der Waals surface area contributed by atoms with E-state index >= 15 is 0 Å². The van der Waals surface area contributed by atoms with Gasteiger partial charge < -0.3 is 144 Å². The quantitative estimate of drug-likeness (QED) is 0.0682. The molecule has 406 valence electrons. The Balaban J connectivity index is 1.34. The number of hydrogen-bond acceptors (Lipinski definition) is 29. The van der Waals surface area contributed by atoms with Crippen LogP contribution >= 0.6 is 0 Å². The lowest BCUT2D eigenvalue weighted by molar-refractivity contribution is -0.402. The van der Waals surface area contributed by atoms with E-state index in [0.29, 0.717) is 0 Å². The van der Waals surface area contributed by atoms with E-state index in [4.69, 9.17) is 52.1 Å². The number of rotatable bonds is 16. The molecule has 0 aromatic heterocycles. The summed E-state index contributed by atoms with van der Waals surface area (Å²) in [5.74, 6) is -1.61. The van der Waals surface area contributed by atoms with Crippen molar-refractivity contribution in [3.05, 3.63) is 0 Å². The van der Waals surface area contributed by atoms with E-state index in [9.17, 15) is 91.3 Å². The molecule has 2 amide bonds. The molecule has 6 saturated heterocycles. The lowest BCUT2D eigenvalue weighted by Gasteiger charge is -2.51. The molecular weight excluding hydrogens is 960 g/mol. The predicted molar refractivity (Wildman–Crippen MR) is 215 cm³/mol. The molecule has 6 heterocycles. The summed E-state index contributed by atoms with van der Waals surface area (Å²) in [4.78, 5) is 25.2. The molecule has 6 rings (SSSR count). The first kappa shape index (κ1) is 57.1. The van der Waals surface area contributed by atoms with Crippen LogP contribution in [0.2, 0.25) is 0 Å². The van der Waals surface area contributed by atoms with Gasteiger partial charge in [-0.2, -0.15) is 0 Å². The summed E-state index contributed by atoms with van der Waals surface area (Å²) in [6, 6.07) is -3.42. The molecule has 0 unspecified atom stereocenters. The maximum absolute atomic E-state index is 12.8. The minimum absolute atomic E-state index is 0.637. The first-order chi connectivity index (χ1) is 33.1. The zero-order chi connectivity index (χ0) is 51.6. The van der Waals surface area contributed by atoms with Crippen LogP contribution in [0.4, 0.5) is 0 Å². The monoisotopic (exact) mass is 1030 g/mol. The standard InChI is InChI=1S/C39H66N2O29/c1-9-19(49)24(54)27(57)37(61-9)68-31-18(41-11(3)47)34(59)62-16(7-45)30(31)67-35-17(40-10(2)46)23(53)29(15(6-44)65-35)66-39-33(70-36-26(56)20(50)12(48)8-60-36)32(22(52)14(5-43)64-39)69-38-28(58)25(55)21(51)13(4-42)63-38/h9,12-39,42-45,48-59H,4-8H2,1-3H3,(H,40,46)(H,41,47)/t9-,12+,13+,14+,15+,16+,17+,18+,19+,20-,21+,22+,23+,24+,25-,26+,27-,28-,29+,30+,31+,32-,33-,34+,35-,36-,37-,38+,39-/m0/s1. The van der Waals surface area contributed by atoms with Crippen LogP contribution in [-0.2, 0) is 61.7 Å². The van der Waals surface area contributed by atoms with Crippen molar-refractivity contribution in [1.82, 2.24) is 10.6 Å². The fourth-order valence-electron chi connectivity index (χ4n) is 8.95. The molecule has 18 N–H and O–H groups in total. The number of aliphatic hydroxyl groups excluding tert-OH is 16. The molecule has 6 fully saturated rings. The Morgan fingerprint density at radius 2 is 0.886 bits per heavy atom. The van der Waals surface area contributed by atoms with E-state index < -0.39 is 223 Å². The van der Waals surface area contributed by atoms with Crippen molar-refractivity contribution in [2.45, 2.75) is 199 Å². The van der Waals surface area contributed by atoms with Crippen LogP contribution in [0.5, 0.6) is 0 Å². The van der Waals surface area contributed by atoms with Crippen LogP contribution in [0.3, 0.4) is 0 Å². The highest BCUT2D eigenvalue weighted by Crippen LogP contribution is 2.38. The third kappa shape index (κ3) is 12.2. The Morgan fingerprint density at radius 3 is 1.49 bits per heavy atom. The SMILES string of the molecule is CC(=O)N[C@@H]1[C@@H](O[C@@H]2O[C@@H](C)[C@@H](O)[C@@H](O)[C@@H]2O)[C@H](O[C@@H]2O[C@H](CO)[C@@H](O[C@@H]3O[C@H](CO)[C@@H](O)[C@H](O[C@H]4O[C@H](CO)[C@@H](O)[C@H](O)[C@@H]4O)[C@@H]3O[C@@H]3OC[C@@H](O)[C@H](O)[C@H]3O)[C@H](O)[C@H]2NC(C)=O)[C@@H](CO)O[C@H]1O. The third-order valence-electron chi connectivity index (χ3n) is 12.8. The molecule has 0 aromatic carbocycles. The normalized spacial score (nSPS) is 50.3. The summed E-state index contributed by atoms with van der Waals surface area (Å²) >= 11 is 0. The van der Waals surface area contributed by atoms with Crippen molar-refractivity contribution < 1.29 is 143 Å². The van der Waals surface area contributed by atoms with Crippen LogP contribution in [0.1, 0.15) is 20.8 Å². The highest BCUT2D eigenvalue weighted by Gasteiger charge is 2.58. The topological polar surface area (TPSA) is 483 Å². The summed E-state index contributed by atoms with van der Waals surface area (Å²) in [5.41, 5.74) is 0. The number of hydrogen-bond donors (Lipinski definition) is 18. The van der Waals surface area contributed by atoms with E-state index in [1.54, 1.807) is 0 Å². The molecule has 0 radical (unpaired) electrons. The zero-order valence-corrected chi connectivity index (χ0v) is 37.7. The average molecular weight is 1030 g/mol. The molecule has 29 atom stereocenters. The molecule has 70 heavy (non-hydrogen) atoms. The van der Waals surface area contributed by atoms with Gasteiger partial charge in [-0.05, 0) is 6.92 Å². The van der Waals surface area contributed by atoms with E-state index in [1.165, 1.54) is 6.92 Å². The van der Waals surface area contributed by atoms with Crippen molar-refractivity contribution in [1.29, 1.82) is 0 Å². The number of carbonyl (C=O) groups excluding carboxylic acids is 2. The van der Waals surface area contributed by atoms with Gasteiger partial charge >= 0.3 is 0 Å². The van der Waals surface area contributed by atoms with Crippen molar-refractivity contribution in [2.75, 3.05) is 33.0 Å². The van der Waals surface area contributed by atoms with Crippen molar-refractivity contribution in [3.63, 3.8) is 0 Å². The molecular formula is C39H66N2O29. The number of aliphatic hydroxyl groups is 16.